The molecule has 0 saturated carbocycles. The molecule has 0 aromatic heterocycles. The van der Waals surface area contributed by atoms with E-state index in [1.54, 1.807) is 37.4 Å². The van der Waals surface area contributed by atoms with Gasteiger partial charge in [-0.25, -0.2) is 0 Å². The second kappa shape index (κ2) is 6.05. The molecule has 0 aliphatic rings. The number of carbonyl (C=O) groups excluding carboxylic acids is 1. The molecule has 2 aromatic carbocycles. The Morgan fingerprint density at radius 3 is 2.37 bits per heavy atom. The lowest BCUT2D eigenvalue weighted by Crippen LogP contribution is -2.11. The van der Waals surface area contributed by atoms with Crippen molar-refractivity contribution < 1.29 is 14.3 Å². The van der Waals surface area contributed by atoms with Crippen LogP contribution in [-0.4, -0.2) is 19.5 Å². The second-order valence-corrected chi connectivity index (χ2v) is 4.26. The summed E-state index contributed by atoms with van der Waals surface area (Å²) in [6, 6.07) is 14.6. The van der Waals surface area contributed by atoms with Crippen molar-refractivity contribution in [3.8, 4) is 11.5 Å². The van der Waals surface area contributed by atoms with Crippen LogP contribution in [0.3, 0.4) is 0 Å². The molecule has 0 bridgehead atoms. The van der Waals surface area contributed by atoms with Gasteiger partial charge in [-0.1, -0.05) is 23.8 Å². The SMILES string of the molecule is COc1ccc(OCC(=O)c2cccc(C)c2)cc1. The van der Waals surface area contributed by atoms with Crippen LogP contribution >= 0.6 is 0 Å². The largest absolute Gasteiger partial charge is 0.497 e. The van der Waals surface area contributed by atoms with Gasteiger partial charge in [-0.05, 0) is 37.3 Å². The van der Waals surface area contributed by atoms with Gasteiger partial charge < -0.3 is 9.47 Å². The van der Waals surface area contributed by atoms with E-state index < -0.39 is 0 Å². The van der Waals surface area contributed by atoms with Crippen LogP contribution in [0.5, 0.6) is 11.5 Å². The molecule has 2 aromatic rings. The highest BCUT2D eigenvalue weighted by atomic mass is 16.5. The fourth-order valence-electron chi connectivity index (χ4n) is 1.72. The van der Waals surface area contributed by atoms with Crippen molar-refractivity contribution in [3.05, 3.63) is 59.7 Å². The van der Waals surface area contributed by atoms with Gasteiger partial charge in [0.15, 0.2) is 12.4 Å². The first-order chi connectivity index (χ1) is 9.19. The third-order valence-electron chi connectivity index (χ3n) is 2.77. The normalized spacial score (nSPS) is 10.0. The third-order valence-corrected chi connectivity index (χ3v) is 2.77. The molecule has 98 valence electrons. The second-order valence-electron chi connectivity index (χ2n) is 4.26. The number of benzene rings is 2. The van der Waals surface area contributed by atoms with Crippen molar-refractivity contribution in [2.75, 3.05) is 13.7 Å². The third kappa shape index (κ3) is 3.58. The van der Waals surface area contributed by atoms with Crippen LogP contribution in [0.2, 0.25) is 0 Å². The van der Waals surface area contributed by atoms with Crippen LogP contribution < -0.4 is 9.47 Å². The Hall–Kier alpha value is -2.29. The quantitative estimate of drug-likeness (QED) is 0.770. The number of aryl methyl sites for hydroxylation is 1. The average molecular weight is 256 g/mol. The molecule has 0 atom stereocenters. The first-order valence-electron chi connectivity index (χ1n) is 6.06. The summed E-state index contributed by atoms with van der Waals surface area (Å²) >= 11 is 0. The van der Waals surface area contributed by atoms with E-state index in [4.69, 9.17) is 9.47 Å². The zero-order chi connectivity index (χ0) is 13.7. The molecule has 2 rings (SSSR count). The van der Waals surface area contributed by atoms with Crippen LogP contribution in [0.1, 0.15) is 15.9 Å². The summed E-state index contributed by atoms with van der Waals surface area (Å²) < 4.78 is 10.5. The minimum atomic E-state index is -0.0282. The van der Waals surface area contributed by atoms with Gasteiger partial charge in [-0.3, -0.25) is 4.79 Å². The van der Waals surface area contributed by atoms with Crippen LogP contribution in [-0.2, 0) is 0 Å². The Morgan fingerprint density at radius 2 is 1.74 bits per heavy atom. The molecule has 0 N–H and O–H groups in total. The van der Waals surface area contributed by atoms with Crippen molar-refractivity contribution in [2.45, 2.75) is 6.92 Å². The molecule has 0 saturated heterocycles. The zero-order valence-electron chi connectivity index (χ0n) is 11.1. The predicted molar refractivity (Wildman–Crippen MR) is 74.0 cm³/mol. The molecule has 0 aliphatic carbocycles. The molecule has 0 aliphatic heterocycles. The van der Waals surface area contributed by atoms with Crippen molar-refractivity contribution in [2.24, 2.45) is 0 Å². The minimum Gasteiger partial charge on any atom is -0.497 e. The number of ketones is 1. The van der Waals surface area contributed by atoms with Gasteiger partial charge in [0.05, 0.1) is 7.11 Å². The molecular weight excluding hydrogens is 240 g/mol. The van der Waals surface area contributed by atoms with E-state index in [1.165, 1.54) is 0 Å². The number of rotatable bonds is 5. The van der Waals surface area contributed by atoms with E-state index in [-0.39, 0.29) is 12.4 Å². The fourth-order valence-corrected chi connectivity index (χ4v) is 1.72. The van der Waals surface area contributed by atoms with E-state index in [1.807, 2.05) is 25.1 Å². The Bertz CT molecular complexity index is 558. The molecule has 19 heavy (non-hydrogen) atoms. The number of ether oxygens (including phenoxy) is 2. The van der Waals surface area contributed by atoms with Gasteiger partial charge in [0.25, 0.3) is 0 Å². The Kier molecular flexibility index (Phi) is 4.18. The van der Waals surface area contributed by atoms with Gasteiger partial charge in [-0.2, -0.15) is 0 Å². The number of Topliss-reactive ketones (excluding diaryl/α,β-unsaturated/α-hetero) is 1. The monoisotopic (exact) mass is 256 g/mol. The highest BCUT2D eigenvalue weighted by Gasteiger charge is 2.06. The van der Waals surface area contributed by atoms with E-state index in [9.17, 15) is 4.79 Å². The predicted octanol–water partition coefficient (Wildman–Crippen LogP) is 3.27. The fraction of sp³-hybridized carbons (Fsp3) is 0.188. The van der Waals surface area contributed by atoms with Crippen molar-refractivity contribution >= 4 is 5.78 Å². The van der Waals surface area contributed by atoms with Crippen LogP contribution in [0.15, 0.2) is 48.5 Å². The topological polar surface area (TPSA) is 35.5 Å². The molecule has 0 spiro atoms. The lowest BCUT2D eigenvalue weighted by atomic mass is 10.1. The lowest BCUT2D eigenvalue weighted by molar-refractivity contribution is 0.0921. The summed E-state index contributed by atoms with van der Waals surface area (Å²) in [6.45, 7) is 2.00. The summed E-state index contributed by atoms with van der Waals surface area (Å²) in [7, 11) is 1.61. The zero-order valence-corrected chi connectivity index (χ0v) is 11.1. The molecule has 3 heteroatoms. The smallest absolute Gasteiger partial charge is 0.200 e. The van der Waals surface area contributed by atoms with E-state index >= 15 is 0 Å². The molecule has 0 unspecified atom stereocenters. The lowest BCUT2D eigenvalue weighted by Gasteiger charge is -2.07. The Morgan fingerprint density at radius 1 is 1.05 bits per heavy atom. The minimum absolute atomic E-state index is 0.0282. The summed E-state index contributed by atoms with van der Waals surface area (Å²) in [5.74, 6) is 1.39. The van der Waals surface area contributed by atoms with E-state index in [0.717, 1.165) is 11.3 Å². The molecule has 0 amide bonds. The summed E-state index contributed by atoms with van der Waals surface area (Å²) in [6.07, 6.45) is 0. The van der Waals surface area contributed by atoms with Crippen LogP contribution in [0, 0.1) is 6.92 Å². The van der Waals surface area contributed by atoms with Crippen LogP contribution in [0.25, 0.3) is 0 Å². The van der Waals surface area contributed by atoms with Gasteiger partial charge in [-0.15, -0.1) is 0 Å². The Labute approximate surface area is 112 Å². The van der Waals surface area contributed by atoms with Gasteiger partial charge in [0, 0.05) is 5.56 Å². The summed E-state index contributed by atoms with van der Waals surface area (Å²) in [5, 5.41) is 0. The highest BCUT2D eigenvalue weighted by molar-refractivity contribution is 5.97. The Balaban J connectivity index is 1.96. The standard InChI is InChI=1S/C16H16O3/c1-12-4-3-5-13(10-12)16(17)11-19-15-8-6-14(18-2)7-9-15/h3-10H,11H2,1-2H3. The maximum atomic E-state index is 11.9. The van der Waals surface area contributed by atoms with Gasteiger partial charge >= 0.3 is 0 Å². The first kappa shape index (κ1) is 13.1. The summed E-state index contributed by atoms with van der Waals surface area (Å²) in [5.41, 5.74) is 1.74. The molecule has 0 radical (unpaired) electrons. The molecular formula is C16H16O3. The van der Waals surface area contributed by atoms with Crippen molar-refractivity contribution in [3.63, 3.8) is 0 Å². The molecule has 3 nitrogen and oxygen atoms in total. The van der Waals surface area contributed by atoms with E-state index in [2.05, 4.69) is 0 Å². The summed E-state index contributed by atoms with van der Waals surface area (Å²) in [4.78, 5) is 11.9. The highest BCUT2D eigenvalue weighted by Crippen LogP contribution is 2.17. The van der Waals surface area contributed by atoms with E-state index in [0.29, 0.717) is 11.3 Å². The van der Waals surface area contributed by atoms with Crippen LogP contribution in [0.4, 0.5) is 0 Å². The number of methoxy groups -OCH3 is 1. The first-order valence-corrected chi connectivity index (χ1v) is 6.06. The molecule has 0 heterocycles. The maximum absolute atomic E-state index is 11.9. The number of hydrogen-bond donors (Lipinski definition) is 0. The molecule has 0 fully saturated rings. The maximum Gasteiger partial charge on any atom is 0.200 e. The number of hydrogen-bond acceptors (Lipinski definition) is 3. The van der Waals surface area contributed by atoms with Gasteiger partial charge in [0.1, 0.15) is 11.5 Å². The number of carbonyl (C=O) groups is 1. The van der Waals surface area contributed by atoms with Gasteiger partial charge in [0.2, 0.25) is 0 Å². The van der Waals surface area contributed by atoms with Crippen molar-refractivity contribution in [1.82, 2.24) is 0 Å². The average Bonchev–Trinajstić information content (AvgIpc) is 2.45. The van der Waals surface area contributed by atoms with Crippen molar-refractivity contribution in [1.29, 1.82) is 0 Å².